The fourth-order valence-electron chi connectivity index (χ4n) is 4.24. The Labute approximate surface area is 222 Å². The molecule has 11 nitrogen and oxygen atoms in total. The summed E-state index contributed by atoms with van der Waals surface area (Å²) in [6, 6.07) is 9.47. The average Bonchev–Trinajstić information content (AvgIpc) is 3.70. The third-order valence-corrected chi connectivity index (χ3v) is 6.51. The highest BCUT2D eigenvalue weighted by atomic mass is 16.5. The maximum Gasteiger partial charge on any atom is 0.270 e. The number of hydrogen-bond donors (Lipinski definition) is 4. The first-order valence-corrected chi connectivity index (χ1v) is 13.2. The zero-order chi connectivity index (χ0) is 26.3. The minimum atomic E-state index is -0.261. The third-order valence-electron chi connectivity index (χ3n) is 6.51. The second kappa shape index (κ2) is 12.1. The second-order valence-electron chi connectivity index (χ2n) is 9.85. The number of carbonyl (C=O) groups excluding carboxylic acids is 2. The van der Waals surface area contributed by atoms with Gasteiger partial charge in [-0.1, -0.05) is 18.2 Å². The minimum Gasteiger partial charge on any atom is -0.379 e. The molecular formula is C27H34N8O3. The number of aromatic nitrogens is 2. The van der Waals surface area contributed by atoms with E-state index in [4.69, 9.17) is 4.74 Å². The van der Waals surface area contributed by atoms with Gasteiger partial charge in [0.25, 0.3) is 5.91 Å². The molecule has 2 fully saturated rings. The Hall–Kier alpha value is -3.83. The normalized spacial score (nSPS) is 19.6. The lowest BCUT2D eigenvalue weighted by atomic mass is 10.2. The molecule has 11 heteroatoms. The predicted octanol–water partition coefficient (Wildman–Crippen LogP) is 2.16. The fourth-order valence-corrected chi connectivity index (χ4v) is 4.24. The molecule has 1 unspecified atom stereocenters. The SMILES string of the molecule is CC1CC(Nc2cc(C(=O)NCCN3CCOCC3)nc(/C=C/c3cccc(NC(=O)C4CC4)c3)n2)=NN1. The molecule has 38 heavy (non-hydrogen) atoms. The molecule has 3 heterocycles. The van der Waals surface area contributed by atoms with E-state index in [9.17, 15) is 9.59 Å². The molecular weight excluding hydrogens is 484 g/mol. The van der Waals surface area contributed by atoms with Crippen LogP contribution in [0.3, 0.4) is 0 Å². The highest BCUT2D eigenvalue weighted by Gasteiger charge is 2.29. The Morgan fingerprint density at radius 1 is 1.16 bits per heavy atom. The molecule has 2 amide bonds. The van der Waals surface area contributed by atoms with Crippen molar-refractivity contribution >= 4 is 41.3 Å². The molecule has 1 aliphatic carbocycles. The number of ether oxygens (including phenoxy) is 1. The van der Waals surface area contributed by atoms with E-state index in [-0.39, 0.29) is 29.5 Å². The standard InChI is InChI=1S/C27H34N8O3/c1-18-15-25(34-33-18)32-24-17-22(27(37)28-9-10-35-11-13-38-14-12-35)30-23(31-24)8-5-19-3-2-4-21(16-19)29-26(36)20-6-7-20/h2-5,8,16-18,20,33H,6-7,9-15H2,1H3,(H,28,37)(H,29,36)(H,30,31,32,34)/b8-5+. The van der Waals surface area contributed by atoms with Gasteiger partial charge in [-0.15, -0.1) is 0 Å². The molecule has 4 N–H and O–H groups in total. The van der Waals surface area contributed by atoms with Crippen LogP contribution >= 0.6 is 0 Å². The molecule has 1 atom stereocenters. The van der Waals surface area contributed by atoms with Crippen molar-refractivity contribution in [3.63, 3.8) is 0 Å². The van der Waals surface area contributed by atoms with Gasteiger partial charge in [-0.2, -0.15) is 5.10 Å². The smallest absolute Gasteiger partial charge is 0.270 e. The molecule has 1 saturated heterocycles. The number of rotatable bonds is 9. The fraction of sp³-hybridized carbons (Fsp3) is 0.444. The number of carbonyl (C=O) groups is 2. The van der Waals surface area contributed by atoms with E-state index in [1.165, 1.54) is 0 Å². The molecule has 1 aromatic heterocycles. The number of amidine groups is 1. The highest BCUT2D eigenvalue weighted by molar-refractivity contribution is 5.98. The van der Waals surface area contributed by atoms with Gasteiger partial charge in [0, 0.05) is 56.3 Å². The lowest BCUT2D eigenvalue weighted by Crippen LogP contribution is -2.41. The van der Waals surface area contributed by atoms with Crippen molar-refractivity contribution in [3.8, 4) is 0 Å². The molecule has 1 saturated carbocycles. The van der Waals surface area contributed by atoms with Gasteiger partial charge in [0.2, 0.25) is 5.91 Å². The zero-order valence-corrected chi connectivity index (χ0v) is 21.6. The maximum absolute atomic E-state index is 13.0. The summed E-state index contributed by atoms with van der Waals surface area (Å²) >= 11 is 0. The molecule has 0 radical (unpaired) electrons. The van der Waals surface area contributed by atoms with Crippen LogP contribution in [0.2, 0.25) is 0 Å². The van der Waals surface area contributed by atoms with Crippen LogP contribution in [0.25, 0.3) is 12.2 Å². The lowest BCUT2D eigenvalue weighted by Gasteiger charge is -2.26. The van der Waals surface area contributed by atoms with Crippen LogP contribution in [0.4, 0.5) is 11.5 Å². The van der Waals surface area contributed by atoms with Gasteiger partial charge in [0.05, 0.1) is 13.2 Å². The van der Waals surface area contributed by atoms with E-state index in [0.717, 1.165) is 69.2 Å². The molecule has 2 aliphatic heterocycles. The quantitative estimate of drug-likeness (QED) is 0.397. The molecule has 0 spiro atoms. The largest absolute Gasteiger partial charge is 0.379 e. The number of benzene rings is 1. The molecule has 1 aromatic carbocycles. The Morgan fingerprint density at radius 2 is 2.00 bits per heavy atom. The number of nitrogens with zero attached hydrogens (tertiary/aromatic N) is 4. The van der Waals surface area contributed by atoms with E-state index in [1.54, 1.807) is 12.1 Å². The second-order valence-corrected chi connectivity index (χ2v) is 9.85. The summed E-state index contributed by atoms with van der Waals surface area (Å²) in [5, 5.41) is 13.4. The van der Waals surface area contributed by atoms with Crippen LogP contribution in [0.5, 0.6) is 0 Å². The van der Waals surface area contributed by atoms with E-state index in [1.807, 2.05) is 37.3 Å². The van der Waals surface area contributed by atoms with Gasteiger partial charge in [-0.05, 0) is 43.5 Å². The van der Waals surface area contributed by atoms with E-state index < -0.39 is 0 Å². The Morgan fingerprint density at radius 3 is 2.76 bits per heavy atom. The summed E-state index contributed by atoms with van der Waals surface area (Å²) in [6.45, 7) is 6.49. The van der Waals surface area contributed by atoms with E-state index >= 15 is 0 Å². The van der Waals surface area contributed by atoms with E-state index in [2.05, 4.69) is 41.3 Å². The summed E-state index contributed by atoms with van der Waals surface area (Å²) in [6.07, 6.45) is 6.27. The van der Waals surface area contributed by atoms with Crippen molar-refractivity contribution < 1.29 is 14.3 Å². The van der Waals surface area contributed by atoms with Gasteiger partial charge in [0.15, 0.2) is 5.82 Å². The van der Waals surface area contributed by atoms with Gasteiger partial charge in [-0.3, -0.25) is 14.5 Å². The Bertz CT molecular complexity index is 1220. The van der Waals surface area contributed by atoms with Gasteiger partial charge >= 0.3 is 0 Å². The summed E-state index contributed by atoms with van der Waals surface area (Å²) in [5.41, 5.74) is 4.93. The average molecular weight is 519 g/mol. The Kier molecular flexibility index (Phi) is 8.25. The molecule has 5 rings (SSSR count). The van der Waals surface area contributed by atoms with Crippen molar-refractivity contribution in [2.75, 3.05) is 50.0 Å². The number of anilines is 2. The monoisotopic (exact) mass is 518 g/mol. The first-order valence-electron chi connectivity index (χ1n) is 13.2. The summed E-state index contributed by atoms with van der Waals surface area (Å²) < 4.78 is 5.38. The van der Waals surface area contributed by atoms with Crippen molar-refractivity contribution in [3.05, 3.63) is 47.4 Å². The lowest BCUT2D eigenvalue weighted by molar-refractivity contribution is -0.117. The van der Waals surface area contributed by atoms with Crippen LogP contribution in [0, 0.1) is 5.92 Å². The Balaban J connectivity index is 1.29. The van der Waals surface area contributed by atoms with Gasteiger partial charge < -0.3 is 26.1 Å². The summed E-state index contributed by atoms with van der Waals surface area (Å²) in [7, 11) is 0. The van der Waals surface area contributed by atoms with Crippen LogP contribution in [-0.4, -0.2) is 78.0 Å². The predicted molar refractivity (Wildman–Crippen MR) is 147 cm³/mol. The topological polar surface area (TPSA) is 133 Å². The van der Waals surface area contributed by atoms with Crippen LogP contribution < -0.4 is 21.4 Å². The van der Waals surface area contributed by atoms with Crippen LogP contribution in [-0.2, 0) is 9.53 Å². The molecule has 3 aliphatic rings. The number of hydrogen-bond acceptors (Lipinski definition) is 9. The third kappa shape index (κ3) is 7.36. The molecule has 2 aromatic rings. The highest BCUT2D eigenvalue weighted by Crippen LogP contribution is 2.30. The zero-order valence-electron chi connectivity index (χ0n) is 21.6. The first-order chi connectivity index (χ1) is 18.5. The van der Waals surface area contributed by atoms with Crippen LogP contribution in [0.15, 0.2) is 35.4 Å². The van der Waals surface area contributed by atoms with Crippen molar-refractivity contribution in [2.45, 2.75) is 32.2 Å². The number of amides is 2. The van der Waals surface area contributed by atoms with Crippen LogP contribution in [0.1, 0.15) is 48.1 Å². The number of hydrazone groups is 1. The summed E-state index contributed by atoms with van der Waals surface area (Å²) in [5.74, 6) is 1.58. The summed E-state index contributed by atoms with van der Waals surface area (Å²) in [4.78, 5) is 36.4. The number of morpholine rings is 1. The van der Waals surface area contributed by atoms with Gasteiger partial charge in [0.1, 0.15) is 17.3 Å². The minimum absolute atomic E-state index is 0.0659. The van der Waals surface area contributed by atoms with Crippen molar-refractivity contribution in [1.29, 1.82) is 0 Å². The van der Waals surface area contributed by atoms with E-state index in [0.29, 0.717) is 18.2 Å². The molecule has 200 valence electrons. The first kappa shape index (κ1) is 25.8. The maximum atomic E-state index is 13.0. The molecule has 0 bridgehead atoms. The van der Waals surface area contributed by atoms with Crippen molar-refractivity contribution in [2.24, 2.45) is 11.0 Å². The van der Waals surface area contributed by atoms with Crippen molar-refractivity contribution in [1.82, 2.24) is 25.6 Å². The number of nitrogens with one attached hydrogen (secondary N) is 4. The van der Waals surface area contributed by atoms with Gasteiger partial charge in [-0.25, -0.2) is 9.97 Å².